The maximum absolute atomic E-state index is 5.42. The first-order valence-corrected chi connectivity index (χ1v) is 9.75. The van der Waals surface area contributed by atoms with Gasteiger partial charge in [-0.05, 0) is 31.5 Å². The third-order valence-corrected chi connectivity index (χ3v) is 5.03. The van der Waals surface area contributed by atoms with Crippen molar-refractivity contribution in [2.24, 2.45) is 0 Å². The highest BCUT2D eigenvalue weighted by Crippen LogP contribution is 2.26. The van der Waals surface area contributed by atoms with E-state index in [0.717, 1.165) is 40.0 Å². The molecule has 1 saturated heterocycles. The van der Waals surface area contributed by atoms with E-state index < -0.39 is 0 Å². The lowest BCUT2D eigenvalue weighted by atomic mass is 10.1. The second-order valence-corrected chi connectivity index (χ2v) is 7.46. The van der Waals surface area contributed by atoms with Gasteiger partial charge in [-0.2, -0.15) is 0 Å². The van der Waals surface area contributed by atoms with Gasteiger partial charge >= 0.3 is 0 Å². The van der Waals surface area contributed by atoms with Gasteiger partial charge in [0.1, 0.15) is 16.9 Å². The van der Waals surface area contributed by atoms with Crippen molar-refractivity contribution in [2.75, 3.05) is 36.5 Å². The van der Waals surface area contributed by atoms with Crippen molar-refractivity contribution >= 4 is 38.7 Å². The first-order valence-electron chi connectivity index (χ1n) is 8.96. The Morgan fingerprint density at radius 2 is 2.00 bits per heavy atom. The van der Waals surface area contributed by atoms with Gasteiger partial charge in [-0.3, -0.25) is 0 Å². The fraction of sp³-hybridized carbons (Fsp3) is 0.368. The Bertz CT molecular complexity index is 960. The Labute approximate surface area is 166 Å². The summed E-state index contributed by atoms with van der Waals surface area (Å²) in [6.45, 7) is 6.94. The summed E-state index contributed by atoms with van der Waals surface area (Å²) in [5.41, 5.74) is 2.64. The molecular formula is C19H21BrN6O. The van der Waals surface area contributed by atoms with Gasteiger partial charge in [0.25, 0.3) is 0 Å². The van der Waals surface area contributed by atoms with E-state index in [1.54, 1.807) is 6.20 Å². The van der Waals surface area contributed by atoms with E-state index >= 15 is 0 Å². The highest BCUT2D eigenvalue weighted by molar-refractivity contribution is 9.10. The van der Waals surface area contributed by atoms with Gasteiger partial charge in [-0.25, -0.2) is 19.9 Å². The lowest BCUT2D eigenvalue weighted by Gasteiger charge is -2.26. The Balaban J connectivity index is 1.69. The van der Waals surface area contributed by atoms with Crippen molar-refractivity contribution in [3.63, 3.8) is 0 Å². The summed E-state index contributed by atoms with van der Waals surface area (Å²) >= 11 is 3.53. The average molecular weight is 429 g/mol. The zero-order valence-electron chi connectivity index (χ0n) is 15.3. The minimum atomic E-state index is 0.0711. The van der Waals surface area contributed by atoms with E-state index in [1.165, 1.54) is 0 Å². The molecule has 7 nitrogen and oxygen atoms in total. The number of ether oxygens (including phenoxy) is 1. The Hall–Kier alpha value is -2.32. The van der Waals surface area contributed by atoms with Gasteiger partial charge in [0, 0.05) is 17.6 Å². The van der Waals surface area contributed by atoms with Crippen molar-refractivity contribution in [3.05, 3.63) is 46.3 Å². The van der Waals surface area contributed by atoms with Crippen LogP contribution in [-0.4, -0.2) is 46.2 Å². The van der Waals surface area contributed by atoms with E-state index in [2.05, 4.69) is 60.2 Å². The summed E-state index contributed by atoms with van der Waals surface area (Å²) in [6.07, 6.45) is 1.77. The highest BCUT2D eigenvalue weighted by Gasteiger charge is 2.17. The van der Waals surface area contributed by atoms with Gasteiger partial charge in [-0.15, -0.1) is 0 Å². The lowest BCUT2D eigenvalue weighted by Crippen LogP contribution is -2.37. The van der Waals surface area contributed by atoms with Crippen LogP contribution < -0.4 is 10.2 Å². The van der Waals surface area contributed by atoms with E-state index in [-0.39, 0.29) is 6.04 Å². The Morgan fingerprint density at radius 3 is 2.78 bits per heavy atom. The number of aryl methyl sites for hydroxylation is 1. The smallest absolute Gasteiger partial charge is 0.226 e. The number of morpholine rings is 1. The third kappa shape index (κ3) is 4.01. The molecule has 0 radical (unpaired) electrons. The van der Waals surface area contributed by atoms with Crippen LogP contribution >= 0.6 is 15.9 Å². The second-order valence-electron chi connectivity index (χ2n) is 6.54. The topological polar surface area (TPSA) is 76.1 Å². The van der Waals surface area contributed by atoms with Crippen LogP contribution in [0.15, 0.2) is 34.9 Å². The monoisotopic (exact) mass is 428 g/mol. The molecule has 1 aliphatic heterocycles. The summed E-state index contributed by atoms with van der Waals surface area (Å²) in [6, 6.07) is 8.30. The van der Waals surface area contributed by atoms with Crippen molar-refractivity contribution in [3.8, 4) is 0 Å². The van der Waals surface area contributed by atoms with E-state index in [9.17, 15) is 0 Å². The normalized spacial score (nSPS) is 15.7. The number of halogens is 1. The maximum Gasteiger partial charge on any atom is 0.226 e. The molecule has 1 atom stereocenters. The molecular weight excluding hydrogens is 408 g/mol. The van der Waals surface area contributed by atoms with Gasteiger partial charge in [0.15, 0.2) is 5.82 Å². The van der Waals surface area contributed by atoms with Crippen LogP contribution in [0.5, 0.6) is 0 Å². The first-order chi connectivity index (χ1) is 13.1. The molecule has 0 amide bonds. The molecule has 0 aliphatic carbocycles. The molecule has 0 bridgehead atoms. The number of aromatic nitrogens is 4. The number of nitrogens with zero attached hydrogens (tertiary/aromatic N) is 5. The SMILES string of the molecule is Cc1nc(NC(C)c2cccc(Br)c2)c2nc(N3CCOCC3)ncc2n1. The summed E-state index contributed by atoms with van der Waals surface area (Å²) in [5, 5.41) is 3.49. The molecule has 1 N–H and O–H groups in total. The molecule has 27 heavy (non-hydrogen) atoms. The van der Waals surface area contributed by atoms with Crippen LogP contribution in [0.25, 0.3) is 11.0 Å². The molecule has 1 aliphatic rings. The first kappa shape index (κ1) is 18.1. The maximum atomic E-state index is 5.42. The zero-order chi connectivity index (χ0) is 18.8. The summed E-state index contributed by atoms with van der Waals surface area (Å²) in [4.78, 5) is 20.5. The van der Waals surface area contributed by atoms with Crippen molar-refractivity contribution in [1.29, 1.82) is 0 Å². The molecule has 2 aromatic heterocycles. The standard InChI is InChI=1S/C19H21BrN6O/c1-12(14-4-3-5-15(20)10-14)22-18-17-16(23-13(2)24-18)11-21-19(25-17)26-6-8-27-9-7-26/h3-5,10-12H,6-9H2,1-2H3,(H,22,23,24). The summed E-state index contributed by atoms with van der Waals surface area (Å²) in [7, 11) is 0. The van der Waals surface area contributed by atoms with Gasteiger partial charge in [0.2, 0.25) is 5.95 Å². The van der Waals surface area contributed by atoms with Crippen molar-refractivity contribution in [1.82, 2.24) is 19.9 Å². The van der Waals surface area contributed by atoms with Crippen LogP contribution in [0.3, 0.4) is 0 Å². The average Bonchev–Trinajstić information content (AvgIpc) is 2.68. The largest absolute Gasteiger partial charge is 0.378 e. The minimum Gasteiger partial charge on any atom is -0.378 e. The minimum absolute atomic E-state index is 0.0711. The van der Waals surface area contributed by atoms with Crippen LogP contribution in [0, 0.1) is 6.92 Å². The molecule has 140 valence electrons. The fourth-order valence-electron chi connectivity index (χ4n) is 3.12. The van der Waals surface area contributed by atoms with E-state index in [1.807, 2.05) is 19.1 Å². The molecule has 1 unspecified atom stereocenters. The molecule has 8 heteroatoms. The number of nitrogens with one attached hydrogen (secondary N) is 1. The van der Waals surface area contributed by atoms with Gasteiger partial charge in [0.05, 0.1) is 25.5 Å². The number of fused-ring (bicyclic) bond motifs is 1. The molecule has 0 spiro atoms. The van der Waals surface area contributed by atoms with Crippen LogP contribution in [0.1, 0.15) is 24.4 Å². The highest BCUT2D eigenvalue weighted by atomic mass is 79.9. The quantitative estimate of drug-likeness (QED) is 0.680. The van der Waals surface area contributed by atoms with Crippen LogP contribution in [-0.2, 0) is 4.74 Å². The molecule has 1 fully saturated rings. The number of hydrogen-bond acceptors (Lipinski definition) is 7. The van der Waals surface area contributed by atoms with Crippen molar-refractivity contribution in [2.45, 2.75) is 19.9 Å². The predicted molar refractivity (Wildman–Crippen MR) is 109 cm³/mol. The zero-order valence-corrected chi connectivity index (χ0v) is 16.9. The molecule has 3 heterocycles. The van der Waals surface area contributed by atoms with Gasteiger partial charge in [-0.1, -0.05) is 28.1 Å². The number of benzene rings is 1. The third-order valence-electron chi connectivity index (χ3n) is 4.53. The molecule has 1 aromatic carbocycles. The fourth-order valence-corrected chi connectivity index (χ4v) is 3.53. The van der Waals surface area contributed by atoms with Crippen LogP contribution in [0.4, 0.5) is 11.8 Å². The molecule has 0 saturated carbocycles. The Morgan fingerprint density at radius 1 is 1.19 bits per heavy atom. The Kier molecular flexibility index (Phi) is 5.18. The van der Waals surface area contributed by atoms with Crippen LogP contribution in [0.2, 0.25) is 0 Å². The second kappa shape index (κ2) is 7.74. The summed E-state index contributed by atoms with van der Waals surface area (Å²) in [5.74, 6) is 2.10. The lowest BCUT2D eigenvalue weighted by molar-refractivity contribution is 0.122. The molecule has 3 aromatic rings. The summed E-state index contributed by atoms with van der Waals surface area (Å²) < 4.78 is 6.47. The predicted octanol–water partition coefficient (Wildman–Crippen LogP) is 3.50. The van der Waals surface area contributed by atoms with E-state index in [0.29, 0.717) is 25.0 Å². The number of anilines is 2. The van der Waals surface area contributed by atoms with Gasteiger partial charge < -0.3 is 15.0 Å². The number of hydrogen-bond donors (Lipinski definition) is 1. The number of rotatable bonds is 4. The van der Waals surface area contributed by atoms with Crippen molar-refractivity contribution < 1.29 is 4.74 Å². The molecule has 4 rings (SSSR count). The van der Waals surface area contributed by atoms with E-state index in [4.69, 9.17) is 9.72 Å².